The Kier molecular flexibility index (Phi) is 3.63. The average Bonchev–Trinajstić information content (AvgIpc) is 2.46. The SMILES string of the molecule is CC1Cc2ccccc2N(c2ncc(Br)cc2[N+](=O)[O-])C1. The molecule has 1 aromatic heterocycles. The lowest BCUT2D eigenvalue weighted by Crippen LogP contribution is -2.31. The third-order valence-corrected chi connectivity index (χ3v) is 4.04. The Morgan fingerprint density at radius 3 is 2.95 bits per heavy atom. The molecule has 1 aromatic carbocycles. The summed E-state index contributed by atoms with van der Waals surface area (Å²) >= 11 is 3.25. The van der Waals surface area contributed by atoms with Crippen LogP contribution in [0.2, 0.25) is 0 Å². The number of pyridine rings is 1. The quantitative estimate of drug-likeness (QED) is 0.606. The van der Waals surface area contributed by atoms with E-state index < -0.39 is 0 Å². The maximum atomic E-state index is 11.3. The number of hydrogen-bond acceptors (Lipinski definition) is 4. The zero-order valence-electron chi connectivity index (χ0n) is 11.5. The predicted molar refractivity (Wildman–Crippen MR) is 84.9 cm³/mol. The highest BCUT2D eigenvalue weighted by Gasteiger charge is 2.28. The fourth-order valence-corrected chi connectivity index (χ4v) is 3.08. The van der Waals surface area contributed by atoms with Crippen LogP contribution >= 0.6 is 15.9 Å². The molecule has 1 unspecified atom stereocenters. The van der Waals surface area contributed by atoms with Gasteiger partial charge in [-0.25, -0.2) is 4.98 Å². The van der Waals surface area contributed by atoms with Gasteiger partial charge in [-0.3, -0.25) is 10.1 Å². The van der Waals surface area contributed by atoms with Crippen LogP contribution in [0.4, 0.5) is 17.2 Å². The van der Waals surface area contributed by atoms with Crippen molar-refractivity contribution < 1.29 is 4.92 Å². The van der Waals surface area contributed by atoms with Crippen LogP contribution in [-0.2, 0) is 6.42 Å². The fourth-order valence-electron chi connectivity index (χ4n) is 2.76. The summed E-state index contributed by atoms with van der Waals surface area (Å²) in [6.07, 6.45) is 2.58. The molecule has 0 amide bonds. The molecular formula is C15H14BrN3O2. The minimum Gasteiger partial charge on any atom is -0.320 e. The Balaban J connectivity index is 2.15. The summed E-state index contributed by atoms with van der Waals surface area (Å²) in [5.41, 5.74) is 2.23. The van der Waals surface area contributed by atoms with Crippen molar-refractivity contribution in [2.75, 3.05) is 11.4 Å². The minimum atomic E-state index is -0.380. The number of aromatic nitrogens is 1. The van der Waals surface area contributed by atoms with Crippen molar-refractivity contribution in [2.45, 2.75) is 13.3 Å². The standard InChI is InChI=1S/C15H14BrN3O2/c1-10-6-11-4-2-3-5-13(11)18(9-10)15-14(19(20)21)7-12(16)8-17-15/h2-5,7-8,10H,6,9H2,1H3. The van der Waals surface area contributed by atoms with Crippen LogP contribution in [0, 0.1) is 16.0 Å². The van der Waals surface area contributed by atoms with Crippen LogP contribution in [0.5, 0.6) is 0 Å². The Labute approximate surface area is 130 Å². The molecule has 0 fully saturated rings. The highest BCUT2D eigenvalue weighted by molar-refractivity contribution is 9.10. The van der Waals surface area contributed by atoms with Crippen molar-refractivity contribution in [2.24, 2.45) is 5.92 Å². The van der Waals surface area contributed by atoms with E-state index >= 15 is 0 Å². The van der Waals surface area contributed by atoms with E-state index in [4.69, 9.17) is 0 Å². The second kappa shape index (κ2) is 5.44. The molecule has 5 nitrogen and oxygen atoms in total. The van der Waals surface area contributed by atoms with Gasteiger partial charge in [0.2, 0.25) is 5.82 Å². The van der Waals surface area contributed by atoms with E-state index in [1.165, 1.54) is 11.6 Å². The van der Waals surface area contributed by atoms with E-state index in [0.29, 0.717) is 16.2 Å². The summed E-state index contributed by atoms with van der Waals surface area (Å²) in [5.74, 6) is 0.826. The number of halogens is 1. The maximum Gasteiger partial charge on any atom is 0.313 e. The Hall–Kier alpha value is -1.95. The Morgan fingerprint density at radius 1 is 1.43 bits per heavy atom. The van der Waals surface area contributed by atoms with Gasteiger partial charge in [-0.15, -0.1) is 0 Å². The molecular weight excluding hydrogens is 334 g/mol. The number of benzene rings is 1. The third kappa shape index (κ3) is 2.63. The molecule has 0 radical (unpaired) electrons. The summed E-state index contributed by atoms with van der Waals surface area (Å²) in [6, 6.07) is 9.52. The largest absolute Gasteiger partial charge is 0.320 e. The first kappa shape index (κ1) is 14.0. The molecule has 108 valence electrons. The van der Waals surface area contributed by atoms with Gasteiger partial charge in [0.25, 0.3) is 0 Å². The second-order valence-corrected chi connectivity index (χ2v) is 6.22. The van der Waals surface area contributed by atoms with Gasteiger partial charge in [0.15, 0.2) is 0 Å². The molecule has 0 bridgehead atoms. The van der Waals surface area contributed by atoms with Crippen LogP contribution in [0.25, 0.3) is 0 Å². The molecule has 0 saturated carbocycles. The molecule has 0 aliphatic carbocycles. The van der Waals surface area contributed by atoms with Gasteiger partial charge in [-0.1, -0.05) is 25.1 Å². The van der Waals surface area contributed by atoms with Gasteiger partial charge in [0.05, 0.1) is 4.92 Å². The Bertz CT molecular complexity index is 705. The summed E-state index contributed by atoms with van der Waals surface area (Å²) in [5, 5.41) is 11.3. The van der Waals surface area contributed by atoms with Gasteiger partial charge in [-0.05, 0) is 39.9 Å². The lowest BCUT2D eigenvalue weighted by atomic mass is 9.94. The van der Waals surface area contributed by atoms with Crippen LogP contribution < -0.4 is 4.90 Å². The lowest BCUT2D eigenvalue weighted by Gasteiger charge is -2.33. The predicted octanol–water partition coefficient (Wildman–Crippen LogP) is 4.08. The number of para-hydroxylation sites is 1. The molecule has 1 atom stereocenters. The number of fused-ring (bicyclic) bond motifs is 1. The molecule has 21 heavy (non-hydrogen) atoms. The lowest BCUT2D eigenvalue weighted by molar-refractivity contribution is -0.384. The van der Waals surface area contributed by atoms with Crippen molar-refractivity contribution in [3.8, 4) is 0 Å². The topological polar surface area (TPSA) is 59.3 Å². The van der Waals surface area contributed by atoms with Crippen molar-refractivity contribution in [1.82, 2.24) is 4.98 Å². The molecule has 3 rings (SSSR count). The Morgan fingerprint density at radius 2 is 2.19 bits per heavy atom. The highest BCUT2D eigenvalue weighted by atomic mass is 79.9. The monoisotopic (exact) mass is 347 g/mol. The first-order chi connectivity index (χ1) is 10.1. The van der Waals surface area contributed by atoms with Crippen molar-refractivity contribution in [1.29, 1.82) is 0 Å². The number of nitro groups is 1. The van der Waals surface area contributed by atoms with Crippen LogP contribution in [-0.4, -0.2) is 16.5 Å². The highest BCUT2D eigenvalue weighted by Crippen LogP contribution is 2.38. The minimum absolute atomic E-state index is 0.0216. The summed E-state index contributed by atoms with van der Waals surface area (Å²) in [4.78, 5) is 17.2. The van der Waals surface area contributed by atoms with E-state index in [1.54, 1.807) is 6.20 Å². The molecule has 1 aliphatic heterocycles. The normalized spacial score (nSPS) is 17.4. The van der Waals surface area contributed by atoms with Gasteiger partial charge >= 0.3 is 5.69 Å². The fraction of sp³-hybridized carbons (Fsp3) is 0.267. The second-order valence-electron chi connectivity index (χ2n) is 5.30. The smallest absolute Gasteiger partial charge is 0.313 e. The van der Waals surface area contributed by atoms with E-state index in [9.17, 15) is 10.1 Å². The van der Waals surface area contributed by atoms with Crippen molar-refractivity contribution in [3.63, 3.8) is 0 Å². The molecule has 0 saturated heterocycles. The maximum absolute atomic E-state index is 11.3. The molecule has 0 N–H and O–H groups in total. The summed E-state index contributed by atoms with van der Waals surface area (Å²) in [6.45, 7) is 2.88. The van der Waals surface area contributed by atoms with E-state index in [1.807, 2.05) is 23.1 Å². The number of nitrogens with zero attached hydrogens (tertiary/aromatic N) is 3. The number of hydrogen-bond donors (Lipinski definition) is 0. The molecule has 0 spiro atoms. The zero-order chi connectivity index (χ0) is 15.0. The molecule has 2 heterocycles. The molecule has 1 aliphatic rings. The van der Waals surface area contributed by atoms with Gasteiger partial charge in [0.1, 0.15) is 0 Å². The third-order valence-electron chi connectivity index (χ3n) is 3.61. The van der Waals surface area contributed by atoms with Gasteiger partial charge in [0, 0.05) is 29.0 Å². The van der Waals surface area contributed by atoms with E-state index in [2.05, 4.69) is 33.9 Å². The summed E-state index contributed by atoms with van der Waals surface area (Å²) in [7, 11) is 0. The van der Waals surface area contributed by atoms with Crippen molar-refractivity contribution >= 4 is 33.1 Å². The number of rotatable bonds is 2. The van der Waals surface area contributed by atoms with Crippen LogP contribution in [0.3, 0.4) is 0 Å². The van der Waals surface area contributed by atoms with Crippen LogP contribution in [0.15, 0.2) is 41.0 Å². The first-order valence-electron chi connectivity index (χ1n) is 6.71. The average molecular weight is 348 g/mol. The molecule has 2 aromatic rings. The van der Waals surface area contributed by atoms with Crippen LogP contribution in [0.1, 0.15) is 12.5 Å². The van der Waals surface area contributed by atoms with E-state index in [0.717, 1.165) is 18.7 Å². The zero-order valence-corrected chi connectivity index (χ0v) is 13.1. The van der Waals surface area contributed by atoms with Crippen molar-refractivity contribution in [3.05, 3.63) is 56.7 Å². The van der Waals surface area contributed by atoms with E-state index in [-0.39, 0.29) is 10.6 Å². The molecule has 6 heteroatoms. The van der Waals surface area contributed by atoms with Gasteiger partial charge in [-0.2, -0.15) is 0 Å². The number of anilines is 2. The summed E-state index contributed by atoms with van der Waals surface area (Å²) < 4.78 is 0.608. The first-order valence-corrected chi connectivity index (χ1v) is 7.51. The van der Waals surface area contributed by atoms with Gasteiger partial charge < -0.3 is 4.90 Å².